The van der Waals surface area contributed by atoms with E-state index < -0.39 is 35.1 Å². The molecule has 0 saturated heterocycles. The average molecular weight is 311 g/mol. The van der Waals surface area contributed by atoms with Crippen molar-refractivity contribution in [2.45, 2.75) is 12.8 Å². The predicted molar refractivity (Wildman–Crippen MR) is 54.9 cm³/mol. The Kier molecular flexibility index (Phi) is 4.05. The highest BCUT2D eigenvalue weighted by Gasteiger charge is 2.24. The van der Waals surface area contributed by atoms with E-state index in [-0.39, 0.29) is 10.2 Å². The topological polar surface area (TPSA) is 93.3 Å². The van der Waals surface area contributed by atoms with Gasteiger partial charge in [0.05, 0.1) is 11.3 Å². The van der Waals surface area contributed by atoms with E-state index in [1.165, 1.54) is 0 Å². The summed E-state index contributed by atoms with van der Waals surface area (Å²) >= 11 is 2.68. The van der Waals surface area contributed by atoms with E-state index >= 15 is 0 Å². The monoisotopic (exact) mass is 310 g/mol. The molecule has 17 heavy (non-hydrogen) atoms. The third-order valence-corrected chi connectivity index (χ3v) is 2.40. The second kappa shape index (κ2) is 5.13. The molecule has 0 aromatic carbocycles. The molecule has 0 radical (unpaired) electrons. The number of nitrogens with zero attached hydrogens (tertiary/aromatic N) is 2. The Morgan fingerprint density at radius 1 is 1.65 bits per heavy atom. The van der Waals surface area contributed by atoms with Gasteiger partial charge in [-0.1, -0.05) is 0 Å². The number of rotatable bonds is 4. The van der Waals surface area contributed by atoms with Crippen LogP contribution in [0.2, 0.25) is 0 Å². The zero-order chi connectivity index (χ0) is 13.2. The highest BCUT2D eigenvalue weighted by molar-refractivity contribution is 9.10. The lowest BCUT2D eigenvalue weighted by Crippen LogP contribution is -2.07. The number of nitro groups is 1. The third-order valence-electron chi connectivity index (χ3n) is 1.81. The summed E-state index contributed by atoms with van der Waals surface area (Å²) < 4.78 is 24.7. The van der Waals surface area contributed by atoms with E-state index in [1.807, 2.05) is 0 Å². The normalized spacial score (nSPS) is 10.6. The fraction of sp³-hybridized carbons (Fsp3) is 0.250. The van der Waals surface area contributed by atoms with Crippen LogP contribution in [0.5, 0.6) is 0 Å². The summed E-state index contributed by atoms with van der Waals surface area (Å²) in [6, 6.07) is 0.784. The van der Waals surface area contributed by atoms with Crippen LogP contribution in [0.1, 0.15) is 17.7 Å². The molecular formula is C8H5BrF2N2O4. The van der Waals surface area contributed by atoms with Crippen LogP contribution in [0.4, 0.5) is 14.5 Å². The summed E-state index contributed by atoms with van der Waals surface area (Å²) in [6.45, 7) is 0. The molecule has 0 aliphatic carbocycles. The van der Waals surface area contributed by atoms with Gasteiger partial charge in [-0.3, -0.25) is 14.9 Å². The van der Waals surface area contributed by atoms with Crippen LogP contribution in [0.3, 0.4) is 0 Å². The van der Waals surface area contributed by atoms with Gasteiger partial charge in [-0.25, -0.2) is 13.8 Å². The fourth-order valence-electron chi connectivity index (χ4n) is 1.15. The number of alkyl halides is 2. The van der Waals surface area contributed by atoms with E-state index in [9.17, 15) is 23.7 Å². The molecule has 1 rings (SSSR count). The minimum absolute atomic E-state index is 0.355. The maximum Gasteiger partial charge on any atom is 0.307 e. The number of halogens is 3. The molecule has 0 aliphatic rings. The van der Waals surface area contributed by atoms with Crippen LogP contribution in [-0.4, -0.2) is 21.0 Å². The number of aromatic nitrogens is 1. The fourth-order valence-corrected chi connectivity index (χ4v) is 1.61. The van der Waals surface area contributed by atoms with Crippen molar-refractivity contribution in [1.82, 2.24) is 4.98 Å². The van der Waals surface area contributed by atoms with Gasteiger partial charge in [0.2, 0.25) is 0 Å². The number of aliphatic carboxylic acids is 1. The van der Waals surface area contributed by atoms with Crippen LogP contribution in [0, 0.1) is 10.1 Å². The molecule has 9 heteroatoms. The number of carboxylic acid groups (broad SMARTS) is 1. The van der Waals surface area contributed by atoms with Gasteiger partial charge in [-0.15, -0.1) is 0 Å². The highest BCUT2D eigenvalue weighted by atomic mass is 79.9. The van der Waals surface area contributed by atoms with E-state index in [4.69, 9.17) is 5.11 Å². The van der Waals surface area contributed by atoms with Crippen molar-refractivity contribution in [1.29, 1.82) is 0 Å². The molecule has 0 spiro atoms. The Morgan fingerprint density at radius 2 is 2.24 bits per heavy atom. The average Bonchev–Trinajstić information content (AvgIpc) is 2.18. The second-order valence-electron chi connectivity index (χ2n) is 2.97. The summed E-state index contributed by atoms with van der Waals surface area (Å²) in [5.41, 5.74) is -1.70. The Bertz CT molecular complexity index is 481. The quantitative estimate of drug-likeness (QED) is 0.523. The molecule has 1 aromatic rings. The highest BCUT2D eigenvalue weighted by Crippen LogP contribution is 2.30. The third kappa shape index (κ3) is 3.16. The van der Waals surface area contributed by atoms with Gasteiger partial charge >= 0.3 is 11.7 Å². The summed E-state index contributed by atoms with van der Waals surface area (Å²) in [5, 5.41) is 19.1. The second-order valence-corrected chi connectivity index (χ2v) is 3.72. The molecule has 1 aromatic heterocycles. The maximum atomic E-state index is 12.5. The Balaban J connectivity index is 3.36. The van der Waals surface area contributed by atoms with Crippen LogP contribution in [0.15, 0.2) is 10.7 Å². The largest absolute Gasteiger partial charge is 0.481 e. The number of hydrogen-bond acceptors (Lipinski definition) is 4. The van der Waals surface area contributed by atoms with Gasteiger partial charge in [0, 0.05) is 6.07 Å². The Hall–Kier alpha value is -1.64. The minimum atomic E-state index is -3.00. The number of carbonyl (C=O) groups is 1. The summed E-state index contributed by atoms with van der Waals surface area (Å²) in [7, 11) is 0. The molecule has 1 heterocycles. The molecule has 0 unspecified atom stereocenters. The van der Waals surface area contributed by atoms with Gasteiger partial charge in [-0.2, -0.15) is 0 Å². The van der Waals surface area contributed by atoms with Crippen molar-refractivity contribution in [3.63, 3.8) is 0 Å². The van der Waals surface area contributed by atoms with Gasteiger partial charge < -0.3 is 5.11 Å². The molecule has 1 N–H and O–H groups in total. The van der Waals surface area contributed by atoms with E-state index in [0.717, 1.165) is 6.07 Å². The van der Waals surface area contributed by atoms with Gasteiger partial charge in [0.15, 0.2) is 4.60 Å². The van der Waals surface area contributed by atoms with E-state index in [2.05, 4.69) is 20.9 Å². The molecule has 0 bridgehead atoms. The lowest BCUT2D eigenvalue weighted by Gasteiger charge is -2.06. The van der Waals surface area contributed by atoms with Crippen LogP contribution < -0.4 is 0 Å². The van der Waals surface area contributed by atoms with Gasteiger partial charge in [-0.05, 0) is 21.5 Å². The van der Waals surface area contributed by atoms with E-state index in [1.54, 1.807) is 0 Å². The number of carboxylic acids is 1. The van der Waals surface area contributed by atoms with Crippen molar-refractivity contribution < 1.29 is 23.6 Å². The van der Waals surface area contributed by atoms with Gasteiger partial charge in [0.25, 0.3) is 6.43 Å². The van der Waals surface area contributed by atoms with Crippen molar-refractivity contribution in [3.05, 3.63) is 32.0 Å². The first kappa shape index (κ1) is 13.4. The minimum Gasteiger partial charge on any atom is -0.481 e. The lowest BCUT2D eigenvalue weighted by atomic mass is 10.1. The zero-order valence-electron chi connectivity index (χ0n) is 8.06. The van der Waals surface area contributed by atoms with Crippen molar-refractivity contribution in [2.75, 3.05) is 0 Å². The van der Waals surface area contributed by atoms with Crippen LogP contribution in [-0.2, 0) is 11.2 Å². The first-order chi connectivity index (χ1) is 7.82. The van der Waals surface area contributed by atoms with Crippen LogP contribution in [0.25, 0.3) is 0 Å². The Labute approximate surface area is 102 Å². The summed E-state index contributed by atoms with van der Waals surface area (Å²) in [6.07, 6.45) is -3.75. The van der Waals surface area contributed by atoms with E-state index in [0.29, 0.717) is 0 Å². The van der Waals surface area contributed by atoms with Crippen molar-refractivity contribution in [3.8, 4) is 0 Å². The standard InChI is InChI=1S/C8H5BrF2N2O4/c9-7-4(13(16)17)1-3(2-5(14)15)6(12-7)8(10)11/h1,8H,2H2,(H,14,15). The van der Waals surface area contributed by atoms with Gasteiger partial charge in [0.1, 0.15) is 5.69 Å². The molecule has 0 aliphatic heterocycles. The molecule has 0 atom stereocenters. The summed E-state index contributed by atoms with van der Waals surface area (Å²) in [5.74, 6) is -1.37. The first-order valence-corrected chi connectivity index (χ1v) is 4.96. The van der Waals surface area contributed by atoms with Crippen LogP contribution >= 0.6 is 15.9 Å². The molecule has 6 nitrogen and oxygen atoms in total. The number of pyridine rings is 1. The predicted octanol–water partition coefficient (Wildman–Crippen LogP) is 2.32. The molecule has 0 fully saturated rings. The first-order valence-electron chi connectivity index (χ1n) is 4.16. The molecule has 0 saturated carbocycles. The lowest BCUT2D eigenvalue weighted by molar-refractivity contribution is -0.386. The summed E-state index contributed by atoms with van der Waals surface area (Å²) in [4.78, 5) is 23.5. The molecular weight excluding hydrogens is 306 g/mol. The molecule has 0 amide bonds. The molecule has 92 valence electrons. The SMILES string of the molecule is O=C(O)Cc1cc([N+](=O)[O-])c(Br)nc1C(F)F. The smallest absolute Gasteiger partial charge is 0.307 e. The van der Waals surface area contributed by atoms with Crippen molar-refractivity contribution in [2.24, 2.45) is 0 Å². The number of hydrogen-bond donors (Lipinski definition) is 1. The van der Waals surface area contributed by atoms with Crippen molar-refractivity contribution >= 4 is 27.6 Å². The zero-order valence-corrected chi connectivity index (χ0v) is 9.65. The Morgan fingerprint density at radius 3 is 2.65 bits per heavy atom. The maximum absolute atomic E-state index is 12.5.